The molecule has 0 heterocycles. The molecule has 16 heavy (non-hydrogen) atoms. The standard InChI is InChI=1S/C12H9F3O/c1-8-5-6-10-9(7-8)3-2-4-11(10)16-12(13,14)15/h2-7H,1H3. The number of aryl methyl sites for hydroxylation is 1. The number of alkyl halides is 3. The zero-order valence-corrected chi connectivity index (χ0v) is 8.51. The second-order valence-electron chi connectivity index (χ2n) is 3.53. The van der Waals surface area contributed by atoms with Crippen LogP contribution in [-0.4, -0.2) is 6.36 Å². The minimum Gasteiger partial charge on any atom is -0.405 e. The van der Waals surface area contributed by atoms with Gasteiger partial charge in [0.25, 0.3) is 0 Å². The van der Waals surface area contributed by atoms with Crippen LogP contribution in [0.25, 0.3) is 10.8 Å². The molecule has 0 saturated carbocycles. The number of benzene rings is 2. The molecule has 0 aliphatic heterocycles. The fraction of sp³-hybridized carbons (Fsp3) is 0.167. The lowest BCUT2D eigenvalue weighted by Gasteiger charge is -2.11. The molecular formula is C12H9F3O. The highest BCUT2D eigenvalue weighted by molar-refractivity contribution is 5.88. The SMILES string of the molecule is Cc1ccc2c(OC(F)(F)F)cccc2c1. The van der Waals surface area contributed by atoms with Crippen LogP contribution in [0.2, 0.25) is 0 Å². The van der Waals surface area contributed by atoms with Crippen LogP contribution in [0.1, 0.15) is 5.56 Å². The van der Waals surface area contributed by atoms with E-state index in [0.29, 0.717) is 5.39 Å². The molecule has 0 fully saturated rings. The van der Waals surface area contributed by atoms with Crippen LogP contribution in [0.15, 0.2) is 36.4 Å². The largest absolute Gasteiger partial charge is 0.573 e. The van der Waals surface area contributed by atoms with Crippen LogP contribution in [0.5, 0.6) is 5.75 Å². The van der Waals surface area contributed by atoms with Crippen molar-refractivity contribution < 1.29 is 17.9 Å². The first-order chi connectivity index (χ1) is 7.46. The van der Waals surface area contributed by atoms with Crippen LogP contribution in [-0.2, 0) is 0 Å². The monoisotopic (exact) mass is 226 g/mol. The Kier molecular flexibility index (Phi) is 2.50. The molecule has 0 amide bonds. The third-order valence-corrected chi connectivity index (χ3v) is 2.22. The Balaban J connectivity index is 2.54. The quantitative estimate of drug-likeness (QED) is 0.712. The molecule has 0 aliphatic carbocycles. The zero-order valence-electron chi connectivity index (χ0n) is 8.51. The summed E-state index contributed by atoms with van der Waals surface area (Å²) in [5.74, 6) is -0.162. The van der Waals surface area contributed by atoms with E-state index < -0.39 is 6.36 Å². The summed E-state index contributed by atoms with van der Waals surface area (Å²) in [7, 11) is 0. The van der Waals surface area contributed by atoms with Crippen molar-refractivity contribution in [2.75, 3.05) is 0 Å². The van der Waals surface area contributed by atoms with E-state index in [4.69, 9.17) is 0 Å². The molecule has 0 aliphatic rings. The second-order valence-corrected chi connectivity index (χ2v) is 3.53. The average molecular weight is 226 g/mol. The lowest BCUT2D eigenvalue weighted by molar-refractivity contribution is -0.274. The van der Waals surface area contributed by atoms with Crippen LogP contribution in [0, 0.1) is 6.92 Å². The van der Waals surface area contributed by atoms with Crippen molar-refractivity contribution in [1.29, 1.82) is 0 Å². The van der Waals surface area contributed by atoms with Crippen molar-refractivity contribution in [2.24, 2.45) is 0 Å². The van der Waals surface area contributed by atoms with E-state index in [1.54, 1.807) is 24.3 Å². The van der Waals surface area contributed by atoms with E-state index in [9.17, 15) is 13.2 Å². The van der Waals surface area contributed by atoms with Crippen LogP contribution in [0.4, 0.5) is 13.2 Å². The first-order valence-electron chi connectivity index (χ1n) is 4.71. The summed E-state index contributed by atoms with van der Waals surface area (Å²) in [5, 5.41) is 1.20. The van der Waals surface area contributed by atoms with Crippen LogP contribution in [0.3, 0.4) is 0 Å². The first-order valence-corrected chi connectivity index (χ1v) is 4.71. The maximum atomic E-state index is 12.1. The van der Waals surface area contributed by atoms with Gasteiger partial charge in [-0.15, -0.1) is 13.2 Å². The minimum atomic E-state index is -4.65. The van der Waals surface area contributed by atoms with Gasteiger partial charge in [0, 0.05) is 5.39 Å². The molecular weight excluding hydrogens is 217 g/mol. The average Bonchev–Trinajstić information content (AvgIpc) is 2.15. The minimum absolute atomic E-state index is 0.162. The topological polar surface area (TPSA) is 9.23 Å². The molecule has 0 unspecified atom stereocenters. The number of ether oxygens (including phenoxy) is 1. The zero-order chi connectivity index (χ0) is 11.8. The van der Waals surface area contributed by atoms with E-state index in [1.807, 2.05) is 13.0 Å². The Morgan fingerprint density at radius 3 is 2.50 bits per heavy atom. The van der Waals surface area contributed by atoms with Gasteiger partial charge in [-0.3, -0.25) is 0 Å². The number of hydrogen-bond acceptors (Lipinski definition) is 1. The molecule has 2 aromatic rings. The van der Waals surface area contributed by atoms with Crippen LogP contribution < -0.4 is 4.74 Å². The summed E-state index contributed by atoms with van der Waals surface area (Å²) < 4.78 is 40.3. The third-order valence-electron chi connectivity index (χ3n) is 2.22. The van der Waals surface area contributed by atoms with E-state index in [2.05, 4.69) is 4.74 Å². The molecule has 1 nitrogen and oxygen atoms in total. The second kappa shape index (κ2) is 3.70. The molecule has 2 rings (SSSR count). The summed E-state index contributed by atoms with van der Waals surface area (Å²) in [6, 6.07) is 9.81. The van der Waals surface area contributed by atoms with Gasteiger partial charge in [0.15, 0.2) is 0 Å². The van der Waals surface area contributed by atoms with Crippen molar-refractivity contribution in [3.63, 3.8) is 0 Å². The van der Waals surface area contributed by atoms with E-state index in [-0.39, 0.29) is 5.75 Å². The molecule has 0 atom stereocenters. The van der Waals surface area contributed by atoms with Gasteiger partial charge < -0.3 is 4.74 Å². The first kappa shape index (κ1) is 10.8. The molecule has 0 spiro atoms. The van der Waals surface area contributed by atoms with Crippen molar-refractivity contribution >= 4 is 10.8 Å². The molecule has 4 heteroatoms. The fourth-order valence-corrected chi connectivity index (χ4v) is 1.59. The normalized spacial score (nSPS) is 11.8. The maximum absolute atomic E-state index is 12.1. The van der Waals surface area contributed by atoms with Crippen LogP contribution >= 0.6 is 0 Å². The molecule has 2 aromatic carbocycles. The van der Waals surface area contributed by atoms with Crippen molar-refractivity contribution in [3.8, 4) is 5.75 Å². The Hall–Kier alpha value is -1.71. The lowest BCUT2D eigenvalue weighted by Crippen LogP contribution is -2.17. The number of halogens is 3. The summed E-state index contributed by atoms with van der Waals surface area (Å²) in [6.45, 7) is 1.89. The lowest BCUT2D eigenvalue weighted by atomic mass is 10.1. The van der Waals surface area contributed by atoms with E-state index >= 15 is 0 Å². The van der Waals surface area contributed by atoms with Gasteiger partial charge in [0.2, 0.25) is 0 Å². The Morgan fingerprint density at radius 2 is 1.81 bits per heavy atom. The summed E-state index contributed by atoms with van der Waals surface area (Å²) in [4.78, 5) is 0. The van der Waals surface area contributed by atoms with Gasteiger partial charge in [0.1, 0.15) is 5.75 Å². The van der Waals surface area contributed by atoms with Crippen molar-refractivity contribution in [1.82, 2.24) is 0 Å². The molecule has 0 radical (unpaired) electrons. The molecule has 0 saturated heterocycles. The Morgan fingerprint density at radius 1 is 1.06 bits per heavy atom. The van der Waals surface area contributed by atoms with E-state index in [1.165, 1.54) is 6.07 Å². The van der Waals surface area contributed by atoms with Crippen molar-refractivity contribution in [2.45, 2.75) is 13.3 Å². The van der Waals surface area contributed by atoms with Gasteiger partial charge in [-0.05, 0) is 18.4 Å². The predicted molar refractivity (Wildman–Crippen MR) is 55.4 cm³/mol. The number of hydrogen-bond donors (Lipinski definition) is 0. The fourth-order valence-electron chi connectivity index (χ4n) is 1.59. The molecule has 0 N–H and O–H groups in total. The van der Waals surface area contributed by atoms with Gasteiger partial charge in [-0.25, -0.2) is 0 Å². The van der Waals surface area contributed by atoms with Crippen molar-refractivity contribution in [3.05, 3.63) is 42.0 Å². The molecule has 84 valence electrons. The highest BCUT2D eigenvalue weighted by Crippen LogP contribution is 2.30. The molecule has 0 aromatic heterocycles. The summed E-state index contributed by atoms with van der Waals surface area (Å²) >= 11 is 0. The highest BCUT2D eigenvalue weighted by Gasteiger charge is 2.31. The number of fused-ring (bicyclic) bond motifs is 1. The van der Waals surface area contributed by atoms with Gasteiger partial charge in [-0.1, -0.05) is 35.9 Å². The Labute approximate surface area is 90.5 Å². The predicted octanol–water partition coefficient (Wildman–Crippen LogP) is 4.05. The Bertz CT molecular complexity index is 517. The van der Waals surface area contributed by atoms with Gasteiger partial charge in [0.05, 0.1) is 0 Å². The summed E-state index contributed by atoms with van der Waals surface area (Å²) in [5.41, 5.74) is 0.997. The highest BCUT2D eigenvalue weighted by atomic mass is 19.4. The number of rotatable bonds is 1. The van der Waals surface area contributed by atoms with E-state index in [0.717, 1.165) is 10.9 Å². The third kappa shape index (κ3) is 2.27. The summed E-state index contributed by atoms with van der Waals surface area (Å²) in [6.07, 6.45) is -4.65. The molecule has 0 bridgehead atoms. The smallest absolute Gasteiger partial charge is 0.405 e. The van der Waals surface area contributed by atoms with Gasteiger partial charge >= 0.3 is 6.36 Å². The maximum Gasteiger partial charge on any atom is 0.573 e. The van der Waals surface area contributed by atoms with Gasteiger partial charge in [-0.2, -0.15) is 0 Å².